The van der Waals surface area contributed by atoms with Crippen LogP contribution >= 0.6 is 0 Å². The Hall–Kier alpha value is -3.98. The molecule has 1 aromatic rings. The Bertz CT molecular complexity index is 997. The van der Waals surface area contributed by atoms with Gasteiger partial charge in [0.1, 0.15) is 24.0 Å². The average molecular weight is 425 g/mol. The standard InChI is InChI=1S/C22H23N3O6/c1-13(2)29-22(27)31-20-15(4)25-14(3)19(30-21(26)28-10-6-9-23)18(20)17-8-5-7-16(11-17)12-24/h5,7-8,11,13,18,25H,6,10H2,1-4H3. The summed E-state index contributed by atoms with van der Waals surface area (Å²) in [6.45, 7) is 6.63. The first-order valence-corrected chi connectivity index (χ1v) is 9.55. The second-order valence-electron chi connectivity index (χ2n) is 6.90. The van der Waals surface area contributed by atoms with E-state index in [0.29, 0.717) is 22.5 Å². The lowest BCUT2D eigenvalue weighted by atomic mass is 9.89. The van der Waals surface area contributed by atoms with E-state index in [0.717, 1.165) is 0 Å². The van der Waals surface area contributed by atoms with Crippen molar-refractivity contribution in [3.63, 3.8) is 0 Å². The molecule has 1 heterocycles. The summed E-state index contributed by atoms with van der Waals surface area (Å²) in [6.07, 6.45) is -2.29. The van der Waals surface area contributed by atoms with Crippen molar-refractivity contribution in [3.05, 3.63) is 58.3 Å². The lowest BCUT2D eigenvalue weighted by molar-refractivity contribution is 0.0457. The largest absolute Gasteiger partial charge is 0.513 e. The molecule has 1 aliphatic rings. The van der Waals surface area contributed by atoms with Gasteiger partial charge in [-0.15, -0.1) is 0 Å². The molecule has 2 rings (SSSR count). The molecule has 9 nitrogen and oxygen atoms in total. The van der Waals surface area contributed by atoms with Crippen molar-refractivity contribution >= 4 is 12.3 Å². The van der Waals surface area contributed by atoms with Crippen molar-refractivity contribution in [2.45, 2.75) is 46.1 Å². The summed E-state index contributed by atoms with van der Waals surface area (Å²) in [5, 5.41) is 20.9. The molecule has 0 aromatic heterocycles. The minimum absolute atomic E-state index is 0.0213. The van der Waals surface area contributed by atoms with Crippen LogP contribution in [0.5, 0.6) is 0 Å². The molecule has 31 heavy (non-hydrogen) atoms. The van der Waals surface area contributed by atoms with Crippen LogP contribution in [0.4, 0.5) is 9.59 Å². The number of hydrogen-bond acceptors (Lipinski definition) is 9. The van der Waals surface area contributed by atoms with E-state index in [9.17, 15) is 14.9 Å². The monoisotopic (exact) mass is 425 g/mol. The number of ether oxygens (including phenoxy) is 4. The molecule has 0 radical (unpaired) electrons. The van der Waals surface area contributed by atoms with Gasteiger partial charge in [0.05, 0.1) is 41.6 Å². The van der Waals surface area contributed by atoms with E-state index in [2.05, 4.69) is 11.4 Å². The Morgan fingerprint density at radius 3 is 2.32 bits per heavy atom. The zero-order chi connectivity index (χ0) is 23.0. The summed E-state index contributed by atoms with van der Waals surface area (Å²) >= 11 is 0. The predicted molar refractivity (Wildman–Crippen MR) is 108 cm³/mol. The number of nitrogens with one attached hydrogen (secondary N) is 1. The Kier molecular flexibility index (Phi) is 8.04. The summed E-state index contributed by atoms with van der Waals surface area (Å²) in [6, 6.07) is 10.6. The number of benzene rings is 1. The number of dihydropyridines is 1. The molecule has 0 bridgehead atoms. The van der Waals surface area contributed by atoms with Gasteiger partial charge in [-0.05, 0) is 45.4 Å². The van der Waals surface area contributed by atoms with Crippen molar-refractivity contribution in [1.82, 2.24) is 5.32 Å². The molecule has 0 amide bonds. The van der Waals surface area contributed by atoms with Crippen molar-refractivity contribution in [2.75, 3.05) is 6.61 Å². The quantitative estimate of drug-likeness (QED) is 0.522. The number of carbonyl (C=O) groups is 2. The molecule has 1 aliphatic heterocycles. The average Bonchev–Trinajstić information content (AvgIpc) is 2.71. The van der Waals surface area contributed by atoms with Gasteiger partial charge in [0.2, 0.25) is 0 Å². The minimum Gasteiger partial charge on any atom is -0.433 e. The molecule has 0 aliphatic carbocycles. The Labute approximate surface area is 180 Å². The SMILES string of the molecule is CC1=C(OC(=O)OCCC#N)C(c2cccc(C#N)c2)C(OC(=O)OC(C)C)=C(C)N1. The fourth-order valence-electron chi connectivity index (χ4n) is 2.92. The maximum Gasteiger partial charge on any atom is 0.513 e. The molecule has 1 N–H and O–H groups in total. The van der Waals surface area contributed by atoms with Crippen LogP contribution in [0.25, 0.3) is 0 Å². The van der Waals surface area contributed by atoms with Crippen molar-refractivity contribution in [2.24, 2.45) is 0 Å². The maximum absolute atomic E-state index is 12.2. The second-order valence-corrected chi connectivity index (χ2v) is 6.90. The minimum atomic E-state index is -1.00. The van der Waals surface area contributed by atoms with Crippen LogP contribution < -0.4 is 5.32 Å². The molecular formula is C22H23N3O6. The Morgan fingerprint density at radius 1 is 1.10 bits per heavy atom. The molecule has 1 unspecified atom stereocenters. The van der Waals surface area contributed by atoms with Gasteiger partial charge in [0.25, 0.3) is 0 Å². The Balaban J connectivity index is 2.45. The van der Waals surface area contributed by atoms with E-state index < -0.39 is 24.3 Å². The van der Waals surface area contributed by atoms with Crippen molar-refractivity contribution in [1.29, 1.82) is 10.5 Å². The molecule has 9 heteroatoms. The van der Waals surface area contributed by atoms with Gasteiger partial charge >= 0.3 is 12.3 Å². The summed E-state index contributed by atoms with van der Waals surface area (Å²) in [5.41, 5.74) is 1.94. The zero-order valence-corrected chi connectivity index (χ0v) is 17.7. The predicted octanol–water partition coefficient (Wildman–Crippen LogP) is 4.34. The van der Waals surface area contributed by atoms with Crippen LogP contribution in [0.2, 0.25) is 0 Å². The molecule has 0 fully saturated rings. The fourth-order valence-corrected chi connectivity index (χ4v) is 2.92. The first-order chi connectivity index (χ1) is 14.8. The van der Waals surface area contributed by atoms with Crippen LogP contribution in [-0.4, -0.2) is 25.0 Å². The third-order valence-corrected chi connectivity index (χ3v) is 4.14. The number of nitrogens with zero attached hydrogens (tertiary/aromatic N) is 2. The topological polar surface area (TPSA) is 131 Å². The highest BCUT2D eigenvalue weighted by Crippen LogP contribution is 2.39. The highest BCUT2D eigenvalue weighted by molar-refractivity contribution is 5.65. The van der Waals surface area contributed by atoms with E-state index in [1.54, 1.807) is 52.0 Å². The zero-order valence-electron chi connectivity index (χ0n) is 17.7. The number of rotatable bonds is 6. The molecule has 0 saturated carbocycles. The maximum atomic E-state index is 12.2. The smallest absolute Gasteiger partial charge is 0.433 e. The van der Waals surface area contributed by atoms with Crippen LogP contribution in [0.15, 0.2) is 47.2 Å². The van der Waals surface area contributed by atoms with Gasteiger partial charge in [0.15, 0.2) is 0 Å². The fraction of sp³-hybridized carbons (Fsp3) is 0.364. The molecule has 0 saturated heterocycles. The van der Waals surface area contributed by atoms with E-state index in [1.165, 1.54) is 0 Å². The third kappa shape index (κ3) is 6.25. The van der Waals surface area contributed by atoms with E-state index >= 15 is 0 Å². The molecule has 0 spiro atoms. The number of hydrogen-bond donors (Lipinski definition) is 1. The molecule has 162 valence electrons. The third-order valence-electron chi connectivity index (χ3n) is 4.14. The molecule has 1 atom stereocenters. The van der Waals surface area contributed by atoms with E-state index in [4.69, 9.17) is 24.2 Å². The highest BCUT2D eigenvalue weighted by Gasteiger charge is 2.35. The van der Waals surface area contributed by atoms with Gasteiger partial charge in [-0.1, -0.05) is 12.1 Å². The second kappa shape index (κ2) is 10.7. The number of carbonyl (C=O) groups excluding carboxylic acids is 2. The molecule has 1 aromatic carbocycles. The van der Waals surface area contributed by atoms with Crippen LogP contribution in [0.1, 0.15) is 51.2 Å². The summed E-state index contributed by atoms with van der Waals surface area (Å²) < 4.78 is 20.9. The first-order valence-electron chi connectivity index (χ1n) is 9.55. The van der Waals surface area contributed by atoms with E-state index in [1.807, 2.05) is 6.07 Å². The Morgan fingerprint density at radius 2 is 1.74 bits per heavy atom. The van der Waals surface area contributed by atoms with Gasteiger partial charge in [0, 0.05) is 0 Å². The van der Waals surface area contributed by atoms with Crippen LogP contribution in [0, 0.1) is 22.7 Å². The summed E-state index contributed by atoms with van der Waals surface area (Å²) in [4.78, 5) is 24.4. The van der Waals surface area contributed by atoms with Crippen molar-refractivity contribution in [3.8, 4) is 12.1 Å². The van der Waals surface area contributed by atoms with Gasteiger partial charge in [-0.2, -0.15) is 10.5 Å². The van der Waals surface area contributed by atoms with Gasteiger partial charge < -0.3 is 24.3 Å². The highest BCUT2D eigenvalue weighted by atomic mass is 16.7. The number of nitriles is 2. The van der Waals surface area contributed by atoms with Crippen LogP contribution in [-0.2, 0) is 18.9 Å². The van der Waals surface area contributed by atoms with E-state index in [-0.39, 0.29) is 24.5 Å². The summed E-state index contributed by atoms with van der Waals surface area (Å²) in [5.74, 6) is -0.529. The van der Waals surface area contributed by atoms with Crippen LogP contribution in [0.3, 0.4) is 0 Å². The number of allylic oxidation sites excluding steroid dienone is 2. The first kappa shape index (κ1) is 23.3. The van der Waals surface area contributed by atoms with Crippen molar-refractivity contribution < 1.29 is 28.5 Å². The van der Waals surface area contributed by atoms with Gasteiger partial charge in [-0.25, -0.2) is 9.59 Å². The normalized spacial score (nSPS) is 15.5. The lowest BCUT2D eigenvalue weighted by Gasteiger charge is -2.30. The lowest BCUT2D eigenvalue weighted by Crippen LogP contribution is -2.29. The van der Waals surface area contributed by atoms with Gasteiger partial charge in [-0.3, -0.25) is 0 Å². The molecular weight excluding hydrogens is 402 g/mol. The summed E-state index contributed by atoms with van der Waals surface area (Å²) in [7, 11) is 0.